The Morgan fingerprint density at radius 3 is 2.56 bits per heavy atom. The van der Waals surface area contributed by atoms with Crippen LogP contribution < -0.4 is 0 Å². The molecule has 0 atom stereocenters. The summed E-state index contributed by atoms with van der Waals surface area (Å²) in [6.07, 6.45) is 7.70. The topological polar surface area (TPSA) is 31.4 Å². The fraction of sp³-hybridized carbons (Fsp3) is 0.350. The number of hydrogen-bond donors (Lipinski definition) is 0. The number of pyridine rings is 1. The lowest BCUT2D eigenvalue weighted by Gasteiger charge is -2.28. The molecule has 1 aromatic carbocycles. The zero-order chi connectivity index (χ0) is 17.6. The molecule has 0 saturated carbocycles. The summed E-state index contributed by atoms with van der Waals surface area (Å²) < 4.78 is 37.9. The van der Waals surface area contributed by atoms with Gasteiger partial charge in [0.2, 0.25) is 0 Å². The zero-order valence-corrected chi connectivity index (χ0v) is 14.1. The van der Waals surface area contributed by atoms with Crippen LogP contribution in [-0.2, 0) is 9.47 Å². The van der Waals surface area contributed by atoms with Crippen LogP contribution in [0, 0.1) is 17.6 Å². The van der Waals surface area contributed by atoms with Crippen molar-refractivity contribution in [2.75, 3.05) is 13.2 Å². The maximum atomic E-state index is 13.3. The van der Waals surface area contributed by atoms with Gasteiger partial charge in [-0.25, -0.2) is 8.78 Å². The molecule has 132 valence electrons. The summed E-state index contributed by atoms with van der Waals surface area (Å²) in [5.41, 5.74) is 1.90. The second-order valence-electron chi connectivity index (χ2n) is 6.08. The van der Waals surface area contributed by atoms with E-state index in [0.29, 0.717) is 24.5 Å². The molecular formula is C20H21F2NO2. The van der Waals surface area contributed by atoms with E-state index in [1.165, 1.54) is 6.07 Å². The molecule has 5 heteroatoms. The summed E-state index contributed by atoms with van der Waals surface area (Å²) in [5.74, 6) is -1.48. The first-order valence-electron chi connectivity index (χ1n) is 8.48. The van der Waals surface area contributed by atoms with Gasteiger partial charge in [0.1, 0.15) is 0 Å². The van der Waals surface area contributed by atoms with E-state index < -0.39 is 17.9 Å². The SMILES string of the molecule is CCC/C=C/[C@H]1CO[C@H](c2ccc(-c3ccc(F)c(F)c3)nc2)OC1. The van der Waals surface area contributed by atoms with Crippen molar-refractivity contribution in [2.45, 2.75) is 26.1 Å². The highest BCUT2D eigenvalue weighted by Gasteiger charge is 2.22. The number of allylic oxidation sites excluding steroid dienone is 1. The molecule has 0 aliphatic carbocycles. The van der Waals surface area contributed by atoms with Gasteiger partial charge in [0.25, 0.3) is 0 Å². The van der Waals surface area contributed by atoms with Crippen LogP contribution >= 0.6 is 0 Å². The minimum Gasteiger partial charge on any atom is -0.348 e. The molecule has 2 aromatic rings. The molecule has 0 unspecified atom stereocenters. The Morgan fingerprint density at radius 1 is 1.12 bits per heavy atom. The standard InChI is InChI=1S/C20H21F2NO2/c1-2-3-4-5-14-12-24-20(25-13-14)16-7-9-19(23-11-16)15-6-8-17(21)18(22)10-15/h4-11,14,20H,2-3,12-13H2,1H3/b5-4+/t14-,20-. The number of halogens is 2. The Balaban J connectivity index is 1.62. The first-order valence-corrected chi connectivity index (χ1v) is 8.48. The van der Waals surface area contributed by atoms with Crippen LogP contribution in [0.15, 0.2) is 48.7 Å². The molecule has 0 amide bonds. The molecular weight excluding hydrogens is 324 g/mol. The Bertz CT molecular complexity index is 723. The van der Waals surface area contributed by atoms with E-state index >= 15 is 0 Å². The lowest BCUT2D eigenvalue weighted by atomic mass is 10.1. The number of ether oxygens (including phenoxy) is 2. The maximum absolute atomic E-state index is 13.3. The van der Waals surface area contributed by atoms with E-state index in [2.05, 4.69) is 24.1 Å². The predicted molar refractivity (Wildman–Crippen MR) is 91.8 cm³/mol. The molecule has 1 aliphatic heterocycles. The highest BCUT2D eigenvalue weighted by atomic mass is 19.2. The summed E-state index contributed by atoms with van der Waals surface area (Å²) in [4.78, 5) is 4.31. The number of benzene rings is 1. The summed E-state index contributed by atoms with van der Waals surface area (Å²) in [7, 11) is 0. The van der Waals surface area contributed by atoms with Gasteiger partial charge in [0, 0.05) is 23.2 Å². The van der Waals surface area contributed by atoms with E-state index in [-0.39, 0.29) is 5.92 Å². The van der Waals surface area contributed by atoms with Gasteiger partial charge in [0.05, 0.1) is 18.9 Å². The largest absolute Gasteiger partial charge is 0.348 e. The zero-order valence-electron chi connectivity index (χ0n) is 14.1. The van der Waals surface area contributed by atoms with E-state index in [1.54, 1.807) is 12.3 Å². The molecule has 0 spiro atoms. The van der Waals surface area contributed by atoms with Gasteiger partial charge in [-0.1, -0.05) is 31.6 Å². The van der Waals surface area contributed by atoms with Crippen molar-refractivity contribution in [3.8, 4) is 11.3 Å². The normalized spacial score (nSPS) is 20.9. The van der Waals surface area contributed by atoms with Crippen molar-refractivity contribution in [1.82, 2.24) is 4.98 Å². The molecule has 25 heavy (non-hydrogen) atoms. The van der Waals surface area contributed by atoms with Gasteiger partial charge in [-0.05, 0) is 30.7 Å². The highest BCUT2D eigenvalue weighted by molar-refractivity contribution is 5.59. The van der Waals surface area contributed by atoms with Crippen LogP contribution in [0.2, 0.25) is 0 Å². The average Bonchev–Trinajstić information content (AvgIpc) is 2.65. The number of nitrogens with zero attached hydrogens (tertiary/aromatic N) is 1. The van der Waals surface area contributed by atoms with Gasteiger partial charge in [-0.2, -0.15) is 0 Å². The third-order valence-corrected chi connectivity index (χ3v) is 4.06. The molecule has 0 N–H and O–H groups in total. The summed E-state index contributed by atoms with van der Waals surface area (Å²) >= 11 is 0. The smallest absolute Gasteiger partial charge is 0.185 e. The highest BCUT2D eigenvalue weighted by Crippen LogP contribution is 2.27. The number of unbranched alkanes of at least 4 members (excludes halogenated alkanes) is 1. The third-order valence-electron chi connectivity index (χ3n) is 4.06. The fourth-order valence-corrected chi connectivity index (χ4v) is 2.65. The van der Waals surface area contributed by atoms with E-state index in [4.69, 9.17) is 9.47 Å². The maximum Gasteiger partial charge on any atom is 0.185 e. The predicted octanol–water partition coefficient (Wildman–Crippen LogP) is 5.04. The molecule has 3 rings (SSSR count). The van der Waals surface area contributed by atoms with Crippen LogP contribution in [0.25, 0.3) is 11.3 Å². The molecule has 3 nitrogen and oxygen atoms in total. The number of aromatic nitrogens is 1. The molecule has 1 saturated heterocycles. The minimum atomic E-state index is -0.885. The lowest BCUT2D eigenvalue weighted by molar-refractivity contribution is -0.197. The Labute approximate surface area is 146 Å². The Kier molecular flexibility index (Phi) is 5.89. The molecule has 1 fully saturated rings. The molecule has 0 radical (unpaired) electrons. The average molecular weight is 345 g/mol. The molecule has 1 aromatic heterocycles. The summed E-state index contributed by atoms with van der Waals surface area (Å²) in [6.45, 7) is 3.36. The Hall–Kier alpha value is -2.11. The molecule has 1 aliphatic rings. The van der Waals surface area contributed by atoms with Crippen LogP contribution in [-0.4, -0.2) is 18.2 Å². The summed E-state index contributed by atoms with van der Waals surface area (Å²) in [6, 6.07) is 7.32. The quantitative estimate of drug-likeness (QED) is 0.711. The van der Waals surface area contributed by atoms with E-state index in [0.717, 1.165) is 30.5 Å². The minimum absolute atomic E-state index is 0.275. The second kappa shape index (κ2) is 8.32. The van der Waals surface area contributed by atoms with Gasteiger partial charge >= 0.3 is 0 Å². The first kappa shape index (κ1) is 17.7. The van der Waals surface area contributed by atoms with Crippen molar-refractivity contribution >= 4 is 0 Å². The van der Waals surface area contributed by atoms with Crippen LogP contribution in [0.3, 0.4) is 0 Å². The molecule has 0 bridgehead atoms. The fourth-order valence-electron chi connectivity index (χ4n) is 2.65. The van der Waals surface area contributed by atoms with Gasteiger partial charge in [-0.15, -0.1) is 0 Å². The van der Waals surface area contributed by atoms with Gasteiger partial charge in [-0.3, -0.25) is 4.98 Å². The van der Waals surface area contributed by atoms with Gasteiger partial charge in [0.15, 0.2) is 17.9 Å². The van der Waals surface area contributed by atoms with Crippen LogP contribution in [0.4, 0.5) is 8.78 Å². The van der Waals surface area contributed by atoms with E-state index in [1.807, 2.05) is 6.07 Å². The van der Waals surface area contributed by atoms with Crippen molar-refractivity contribution in [2.24, 2.45) is 5.92 Å². The number of hydrogen-bond acceptors (Lipinski definition) is 3. The lowest BCUT2D eigenvalue weighted by Crippen LogP contribution is -2.25. The van der Waals surface area contributed by atoms with Crippen molar-refractivity contribution in [3.05, 3.63) is 65.9 Å². The Morgan fingerprint density at radius 2 is 1.92 bits per heavy atom. The van der Waals surface area contributed by atoms with Gasteiger partial charge < -0.3 is 9.47 Å². The number of rotatable bonds is 5. The molecule has 2 heterocycles. The first-order chi connectivity index (χ1) is 12.2. The third kappa shape index (κ3) is 4.50. The monoisotopic (exact) mass is 345 g/mol. The second-order valence-corrected chi connectivity index (χ2v) is 6.08. The van der Waals surface area contributed by atoms with Crippen LogP contribution in [0.5, 0.6) is 0 Å². The van der Waals surface area contributed by atoms with Crippen molar-refractivity contribution in [3.63, 3.8) is 0 Å². The van der Waals surface area contributed by atoms with Crippen molar-refractivity contribution < 1.29 is 18.3 Å². The van der Waals surface area contributed by atoms with Crippen molar-refractivity contribution in [1.29, 1.82) is 0 Å². The summed E-state index contributed by atoms with van der Waals surface area (Å²) in [5, 5.41) is 0. The van der Waals surface area contributed by atoms with E-state index in [9.17, 15) is 8.78 Å². The van der Waals surface area contributed by atoms with Crippen LogP contribution in [0.1, 0.15) is 31.6 Å².